The lowest BCUT2D eigenvalue weighted by Crippen LogP contribution is -2.39. The highest BCUT2D eigenvalue weighted by Crippen LogP contribution is 2.16. The first-order valence-electron chi connectivity index (χ1n) is 5.88. The number of alkyl halides is 1. The second kappa shape index (κ2) is 7.77. The Morgan fingerprint density at radius 2 is 2.00 bits per heavy atom. The van der Waals surface area contributed by atoms with Crippen molar-refractivity contribution in [2.24, 2.45) is 5.41 Å². The number of carbonyl (C=O) groups is 1. The topological polar surface area (TPSA) is 29.5 Å². The molecule has 16 heavy (non-hydrogen) atoms. The lowest BCUT2D eigenvalue weighted by atomic mass is 9.96. The average molecular weight is 250 g/mol. The van der Waals surface area contributed by atoms with Crippen LogP contribution in [0.5, 0.6) is 0 Å². The third-order valence-corrected chi connectivity index (χ3v) is 2.16. The fourth-order valence-corrected chi connectivity index (χ4v) is 1.45. The van der Waals surface area contributed by atoms with Crippen LogP contribution in [0.1, 0.15) is 40.5 Å². The van der Waals surface area contributed by atoms with E-state index in [9.17, 15) is 4.79 Å². The van der Waals surface area contributed by atoms with Crippen LogP contribution >= 0.6 is 11.6 Å². The molecule has 0 fully saturated rings. The van der Waals surface area contributed by atoms with Gasteiger partial charge in [-0.25, -0.2) is 4.79 Å². The molecule has 0 rings (SSSR count). The van der Waals surface area contributed by atoms with E-state index in [1.807, 2.05) is 0 Å². The summed E-state index contributed by atoms with van der Waals surface area (Å²) in [6.45, 7) is 10.2. The highest BCUT2D eigenvalue weighted by molar-refractivity contribution is 6.18. The summed E-state index contributed by atoms with van der Waals surface area (Å²) < 4.78 is 5.05. The summed E-state index contributed by atoms with van der Waals surface area (Å²) in [5, 5.41) is 0. The predicted molar refractivity (Wildman–Crippen MR) is 68.0 cm³/mol. The van der Waals surface area contributed by atoms with Crippen molar-refractivity contribution >= 4 is 17.7 Å². The Labute approximate surface area is 104 Å². The van der Waals surface area contributed by atoms with Gasteiger partial charge in [0.1, 0.15) is 6.61 Å². The Balaban J connectivity index is 4.23. The van der Waals surface area contributed by atoms with Gasteiger partial charge in [0.2, 0.25) is 0 Å². The van der Waals surface area contributed by atoms with Crippen molar-refractivity contribution in [3.63, 3.8) is 0 Å². The monoisotopic (exact) mass is 249 g/mol. The van der Waals surface area contributed by atoms with E-state index in [0.29, 0.717) is 12.4 Å². The van der Waals surface area contributed by atoms with E-state index in [2.05, 4.69) is 27.7 Å². The highest BCUT2D eigenvalue weighted by atomic mass is 35.5. The second-order valence-electron chi connectivity index (χ2n) is 5.14. The molecule has 0 aromatic carbocycles. The number of carbonyl (C=O) groups excluding carboxylic acids is 1. The van der Waals surface area contributed by atoms with Crippen LogP contribution in [-0.4, -0.2) is 36.6 Å². The molecule has 4 heteroatoms. The molecular weight excluding hydrogens is 226 g/mol. The summed E-state index contributed by atoms with van der Waals surface area (Å²) in [6.07, 6.45) is 1.83. The van der Waals surface area contributed by atoms with E-state index in [1.54, 1.807) is 4.90 Å². The first-order chi connectivity index (χ1) is 7.40. The van der Waals surface area contributed by atoms with E-state index in [4.69, 9.17) is 16.3 Å². The van der Waals surface area contributed by atoms with E-state index in [1.165, 1.54) is 0 Å². The van der Waals surface area contributed by atoms with Gasteiger partial charge in [-0.1, -0.05) is 34.1 Å². The molecule has 0 spiro atoms. The van der Waals surface area contributed by atoms with Crippen LogP contribution in [0.15, 0.2) is 0 Å². The summed E-state index contributed by atoms with van der Waals surface area (Å²) in [4.78, 5) is 13.5. The highest BCUT2D eigenvalue weighted by Gasteiger charge is 2.21. The summed E-state index contributed by atoms with van der Waals surface area (Å²) in [5.41, 5.74) is 0.0910. The van der Waals surface area contributed by atoms with Crippen molar-refractivity contribution in [3.05, 3.63) is 0 Å². The Morgan fingerprint density at radius 3 is 2.44 bits per heavy atom. The van der Waals surface area contributed by atoms with Crippen LogP contribution < -0.4 is 0 Å². The molecule has 0 unspecified atom stereocenters. The Hall–Kier alpha value is -0.440. The minimum absolute atomic E-state index is 0.0910. The molecule has 0 aliphatic carbocycles. The molecule has 0 aliphatic heterocycles. The van der Waals surface area contributed by atoms with Crippen LogP contribution in [0, 0.1) is 5.41 Å². The summed E-state index contributed by atoms with van der Waals surface area (Å²) >= 11 is 5.49. The number of hydrogen-bond acceptors (Lipinski definition) is 2. The lowest BCUT2D eigenvalue weighted by molar-refractivity contribution is 0.0930. The molecule has 1 amide bonds. The Morgan fingerprint density at radius 1 is 1.38 bits per heavy atom. The van der Waals surface area contributed by atoms with E-state index in [0.717, 1.165) is 19.4 Å². The van der Waals surface area contributed by atoms with Gasteiger partial charge < -0.3 is 9.64 Å². The SMILES string of the molecule is CCCCN(CC(C)(C)C)C(=O)OCCCl. The number of hydrogen-bond donors (Lipinski definition) is 0. The molecule has 0 aromatic heterocycles. The van der Waals surface area contributed by atoms with Crippen LogP contribution in [0.2, 0.25) is 0 Å². The molecule has 0 saturated carbocycles. The van der Waals surface area contributed by atoms with Gasteiger partial charge in [-0.05, 0) is 11.8 Å². The van der Waals surface area contributed by atoms with Gasteiger partial charge in [-0.15, -0.1) is 11.6 Å². The molecule has 3 nitrogen and oxygen atoms in total. The normalized spacial score (nSPS) is 11.3. The maximum absolute atomic E-state index is 11.7. The molecule has 0 aromatic rings. The Bertz CT molecular complexity index is 202. The van der Waals surface area contributed by atoms with Crippen molar-refractivity contribution in [1.29, 1.82) is 0 Å². The minimum atomic E-state index is -0.246. The smallest absolute Gasteiger partial charge is 0.409 e. The fraction of sp³-hybridized carbons (Fsp3) is 0.917. The summed E-state index contributed by atoms with van der Waals surface area (Å²) in [6, 6.07) is 0. The number of unbranched alkanes of at least 4 members (excludes halogenated alkanes) is 1. The minimum Gasteiger partial charge on any atom is -0.448 e. The zero-order valence-corrected chi connectivity index (χ0v) is 11.6. The molecule has 0 atom stereocenters. The zero-order chi connectivity index (χ0) is 12.6. The maximum atomic E-state index is 11.7. The number of ether oxygens (including phenoxy) is 1. The van der Waals surface area contributed by atoms with Gasteiger partial charge in [-0.3, -0.25) is 0 Å². The first kappa shape index (κ1) is 15.6. The van der Waals surface area contributed by atoms with E-state index >= 15 is 0 Å². The second-order valence-corrected chi connectivity index (χ2v) is 5.52. The number of halogens is 1. The van der Waals surface area contributed by atoms with Crippen molar-refractivity contribution in [2.75, 3.05) is 25.6 Å². The molecular formula is C12H24ClNO2. The fourth-order valence-electron chi connectivity index (χ4n) is 1.37. The van der Waals surface area contributed by atoms with Crippen molar-refractivity contribution < 1.29 is 9.53 Å². The van der Waals surface area contributed by atoms with Crippen molar-refractivity contribution in [1.82, 2.24) is 4.90 Å². The first-order valence-corrected chi connectivity index (χ1v) is 6.42. The summed E-state index contributed by atoms with van der Waals surface area (Å²) in [7, 11) is 0. The van der Waals surface area contributed by atoms with E-state index < -0.39 is 0 Å². The number of amides is 1. The van der Waals surface area contributed by atoms with Crippen molar-refractivity contribution in [2.45, 2.75) is 40.5 Å². The zero-order valence-electron chi connectivity index (χ0n) is 10.9. The molecule has 0 radical (unpaired) electrons. The predicted octanol–water partition coefficient (Wildman–Crippen LogP) is 3.51. The molecule has 0 N–H and O–H groups in total. The number of nitrogens with zero attached hydrogens (tertiary/aromatic N) is 1. The van der Waals surface area contributed by atoms with Gasteiger partial charge in [0.05, 0.1) is 5.88 Å². The third kappa shape index (κ3) is 7.80. The molecule has 0 bridgehead atoms. The average Bonchev–Trinajstić information content (AvgIpc) is 2.19. The van der Waals surface area contributed by atoms with Crippen LogP contribution in [0.4, 0.5) is 4.79 Å². The third-order valence-electron chi connectivity index (χ3n) is 2.01. The van der Waals surface area contributed by atoms with Crippen LogP contribution in [0.3, 0.4) is 0 Å². The maximum Gasteiger partial charge on any atom is 0.409 e. The molecule has 96 valence electrons. The molecule has 0 aliphatic rings. The van der Waals surface area contributed by atoms with Gasteiger partial charge >= 0.3 is 6.09 Å². The van der Waals surface area contributed by atoms with Crippen LogP contribution in [-0.2, 0) is 4.74 Å². The van der Waals surface area contributed by atoms with Gasteiger partial charge in [0, 0.05) is 13.1 Å². The molecule has 0 saturated heterocycles. The van der Waals surface area contributed by atoms with Gasteiger partial charge in [0.15, 0.2) is 0 Å². The van der Waals surface area contributed by atoms with Crippen LogP contribution in [0.25, 0.3) is 0 Å². The lowest BCUT2D eigenvalue weighted by Gasteiger charge is -2.29. The Kier molecular flexibility index (Phi) is 7.56. The van der Waals surface area contributed by atoms with Gasteiger partial charge in [-0.2, -0.15) is 0 Å². The quantitative estimate of drug-likeness (QED) is 0.675. The standard InChI is InChI=1S/C12H24ClNO2/c1-5-6-8-14(10-12(2,3)4)11(15)16-9-7-13/h5-10H2,1-4H3. The largest absolute Gasteiger partial charge is 0.448 e. The van der Waals surface area contributed by atoms with E-state index in [-0.39, 0.29) is 18.1 Å². The van der Waals surface area contributed by atoms with Crippen molar-refractivity contribution in [3.8, 4) is 0 Å². The van der Waals surface area contributed by atoms with Gasteiger partial charge in [0.25, 0.3) is 0 Å². The molecule has 0 heterocycles. The number of rotatable bonds is 6. The summed E-state index contributed by atoms with van der Waals surface area (Å²) in [5.74, 6) is 0.350.